The van der Waals surface area contributed by atoms with E-state index in [1.807, 2.05) is 18.2 Å². The van der Waals surface area contributed by atoms with Gasteiger partial charge in [-0.3, -0.25) is 4.79 Å². The number of hydrogen-bond acceptors (Lipinski definition) is 2. The normalized spacial score (nSPS) is 28.3. The zero-order valence-corrected chi connectivity index (χ0v) is 11.6. The summed E-state index contributed by atoms with van der Waals surface area (Å²) < 4.78 is 0. The molecule has 0 aromatic heterocycles. The maximum atomic E-state index is 12.3. The monoisotopic (exact) mass is 274 g/mol. The molecule has 0 aliphatic heterocycles. The van der Waals surface area contributed by atoms with Crippen LogP contribution in [-0.2, 0) is 11.2 Å². The first-order chi connectivity index (χ1) is 9.16. The summed E-state index contributed by atoms with van der Waals surface area (Å²) in [5.41, 5.74) is 8.21. The molecule has 1 fully saturated rings. The van der Waals surface area contributed by atoms with Crippen LogP contribution < -0.4 is 11.1 Å². The number of carbonyl (C=O) groups is 1. The van der Waals surface area contributed by atoms with Gasteiger partial charge in [-0.05, 0) is 30.4 Å². The second kappa shape index (κ2) is 4.93. The maximum Gasteiger partial charge on any atom is 0.228 e. The molecule has 1 aromatic rings. The lowest BCUT2D eigenvalue weighted by Gasteiger charge is -2.31. The second-order valence-electron chi connectivity index (χ2n) is 5.51. The van der Waals surface area contributed by atoms with Crippen molar-refractivity contribution in [2.75, 3.05) is 0 Å². The Morgan fingerprint density at radius 2 is 2.11 bits per heavy atom. The fourth-order valence-corrected chi connectivity index (χ4v) is 3.53. The van der Waals surface area contributed by atoms with Crippen LogP contribution in [0.3, 0.4) is 0 Å². The van der Waals surface area contributed by atoms with Gasteiger partial charge >= 0.3 is 0 Å². The fraction of sp³-hybridized carbons (Fsp3) is 0.467. The Hall–Kier alpha value is -1.42. The van der Waals surface area contributed by atoms with Gasteiger partial charge in [-0.15, -0.1) is 0 Å². The summed E-state index contributed by atoms with van der Waals surface area (Å²) in [6, 6.07) is 8.28. The summed E-state index contributed by atoms with van der Waals surface area (Å²) in [4.78, 5) is 12.9. The Morgan fingerprint density at radius 1 is 1.32 bits per heavy atom. The summed E-state index contributed by atoms with van der Waals surface area (Å²) in [7, 11) is 0. The Bertz CT molecular complexity index is 529. The van der Waals surface area contributed by atoms with E-state index in [1.165, 1.54) is 11.1 Å². The summed E-state index contributed by atoms with van der Waals surface area (Å²) in [6.45, 7) is 0. The Kier molecular flexibility index (Phi) is 3.27. The zero-order valence-electron chi connectivity index (χ0n) is 10.8. The van der Waals surface area contributed by atoms with Crippen molar-refractivity contribution in [3.63, 3.8) is 0 Å². The number of nitrogens with one attached hydrogen (secondary N) is 1. The highest BCUT2D eigenvalue weighted by Gasteiger charge is 2.36. The van der Waals surface area contributed by atoms with E-state index in [0.717, 1.165) is 25.7 Å². The average Bonchev–Trinajstić information content (AvgIpc) is 2.79. The summed E-state index contributed by atoms with van der Waals surface area (Å²) >= 11 is 5.08. The van der Waals surface area contributed by atoms with Crippen LogP contribution in [0.15, 0.2) is 24.3 Å². The molecule has 1 amide bonds. The van der Waals surface area contributed by atoms with E-state index in [0.29, 0.717) is 4.99 Å². The third kappa shape index (κ3) is 2.25. The summed E-state index contributed by atoms with van der Waals surface area (Å²) in [5, 5.41) is 3.15. The van der Waals surface area contributed by atoms with Gasteiger partial charge < -0.3 is 11.1 Å². The number of nitrogens with two attached hydrogens (primary N) is 1. The molecule has 0 heterocycles. The van der Waals surface area contributed by atoms with Crippen molar-refractivity contribution in [1.82, 2.24) is 5.32 Å². The van der Waals surface area contributed by atoms with Gasteiger partial charge in [0.1, 0.15) is 0 Å². The van der Waals surface area contributed by atoms with Gasteiger partial charge in [-0.1, -0.05) is 42.9 Å². The van der Waals surface area contributed by atoms with Gasteiger partial charge in [-0.25, -0.2) is 0 Å². The quantitative estimate of drug-likeness (QED) is 0.828. The molecule has 3 rings (SSSR count). The molecule has 2 aliphatic rings. The number of amides is 1. The number of rotatable bonds is 3. The van der Waals surface area contributed by atoms with Crippen LogP contribution in [0.1, 0.15) is 36.3 Å². The molecule has 19 heavy (non-hydrogen) atoms. The van der Waals surface area contributed by atoms with E-state index in [4.69, 9.17) is 18.0 Å². The lowest BCUT2D eigenvalue weighted by Crippen LogP contribution is -2.45. The standard InChI is InChI=1S/C15H18N2OS/c16-14(19)11-6-3-7-13(11)17-15(18)12-8-9-4-1-2-5-10(9)12/h1-2,4-5,11-13H,3,6-8H2,(H2,16,19)(H,17,18). The number of hydrogen-bond donors (Lipinski definition) is 2. The Morgan fingerprint density at radius 3 is 2.84 bits per heavy atom. The Balaban J connectivity index is 1.66. The van der Waals surface area contributed by atoms with Gasteiger partial charge in [0.15, 0.2) is 0 Å². The van der Waals surface area contributed by atoms with E-state index in [1.54, 1.807) is 0 Å². The highest BCUT2D eigenvalue weighted by Crippen LogP contribution is 2.35. The number of carbonyl (C=O) groups excluding carboxylic acids is 1. The van der Waals surface area contributed by atoms with Gasteiger partial charge in [0.05, 0.1) is 10.9 Å². The fourth-order valence-electron chi connectivity index (χ4n) is 3.25. The maximum absolute atomic E-state index is 12.3. The first-order valence-electron chi connectivity index (χ1n) is 6.84. The minimum Gasteiger partial charge on any atom is -0.393 e. The summed E-state index contributed by atoms with van der Waals surface area (Å²) in [6.07, 6.45) is 3.93. The van der Waals surface area contributed by atoms with Crippen LogP contribution in [0.25, 0.3) is 0 Å². The molecule has 3 nitrogen and oxygen atoms in total. The third-order valence-electron chi connectivity index (χ3n) is 4.38. The van der Waals surface area contributed by atoms with Gasteiger partial charge in [0.25, 0.3) is 0 Å². The van der Waals surface area contributed by atoms with Crippen LogP contribution >= 0.6 is 12.2 Å². The smallest absolute Gasteiger partial charge is 0.228 e. The largest absolute Gasteiger partial charge is 0.393 e. The van der Waals surface area contributed by atoms with E-state index in [9.17, 15) is 4.79 Å². The van der Waals surface area contributed by atoms with E-state index >= 15 is 0 Å². The highest BCUT2D eigenvalue weighted by molar-refractivity contribution is 7.80. The van der Waals surface area contributed by atoms with Crippen LogP contribution in [0, 0.1) is 5.92 Å². The lowest BCUT2D eigenvalue weighted by molar-refractivity contribution is -0.123. The van der Waals surface area contributed by atoms with Crippen molar-refractivity contribution in [3.05, 3.63) is 35.4 Å². The molecule has 0 bridgehead atoms. The van der Waals surface area contributed by atoms with Crippen molar-refractivity contribution in [1.29, 1.82) is 0 Å². The van der Waals surface area contributed by atoms with E-state index in [2.05, 4.69) is 11.4 Å². The first kappa shape index (κ1) is 12.6. The average molecular weight is 274 g/mol. The predicted molar refractivity (Wildman–Crippen MR) is 78.9 cm³/mol. The summed E-state index contributed by atoms with van der Waals surface area (Å²) in [5.74, 6) is 0.324. The zero-order chi connectivity index (χ0) is 13.4. The van der Waals surface area contributed by atoms with Crippen LogP contribution in [0.2, 0.25) is 0 Å². The van der Waals surface area contributed by atoms with Crippen LogP contribution in [0.4, 0.5) is 0 Å². The topological polar surface area (TPSA) is 55.1 Å². The van der Waals surface area contributed by atoms with Crippen molar-refractivity contribution in [3.8, 4) is 0 Å². The SMILES string of the molecule is NC(=S)C1CCCC1NC(=O)C1Cc2ccccc21. The van der Waals surface area contributed by atoms with Gasteiger partial charge in [-0.2, -0.15) is 0 Å². The molecule has 4 heteroatoms. The molecule has 1 aromatic carbocycles. The minimum atomic E-state index is 0.0174. The molecule has 100 valence electrons. The first-order valence-corrected chi connectivity index (χ1v) is 7.25. The van der Waals surface area contributed by atoms with Crippen LogP contribution in [-0.4, -0.2) is 16.9 Å². The molecule has 3 atom stereocenters. The number of fused-ring (bicyclic) bond motifs is 1. The van der Waals surface area contributed by atoms with Crippen molar-refractivity contribution < 1.29 is 4.79 Å². The molecule has 0 radical (unpaired) electrons. The van der Waals surface area contributed by atoms with E-state index < -0.39 is 0 Å². The number of benzene rings is 1. The molecule has 1 saturated carbocycles. The number of thiocarbonyl (C=S) groups is 1. The highest BCUT2D eigenvalue weighted by atomic mass is 32.1. The van der Waals surface area contributed by atoms with Crippen molar-refractivity contribution >= 4 is 23.1 Å². The van der Waals surface area contributed by atoms with Crippen molar-refractivity contribution in [2.24, 2.45) is 11.7 Å². The molecule has 2 aliphatic carbocycles. The third-order valence-corrected chi connectivity index (χ3v) is 4.68. The van der Waals surface area contributed by atoms with Crippen LogP contribution in [0.5, 0.6) is 0 Å². The minimum absolute atomic E-state index is 0.0174. The lowest BCUT2D eigenvalue weighted by atomic mass is 9.77. The molecular formula is C15H18N2OS. The molecule has 0 spiro atoms. The molecule has 0 saturated heterocycles. The van der Waals surface area contributed by atoms with E-state index in [-0.39, 0.29) is 23.8 Å². The van der Waals surface area contributed by atoms with Gasteiger partial charge in [0.2, 0.25) is 5.91 Å². The predicted octanol–water partition coefficient (Wildman–Crippen LogP) is 1.90. The van der Waals surface area contributed by atoms with Gasteiger partial charge in [0, 0.05) is 12.0 Å². The van der Waals surface area contributed by atoms with Crippen molar-refractivity contribution in [2.45, 2.75) is 37.6 Å². The molecular weight excluding hydrogens is 256 g/mol. The second-order valence-corrected chi connectivity index (χ2v) is 5.98. The molecule has 3 N–H and O–H groups in total. The Labute approximate surface area is 118 Å². The molecule has 3 unspecified atom stereocenters.